The quantitative estimate of drug-likeness (QED) is 0.843. The average Bonchev–Trinajstić information content (AvgIpc) is 2.54. The predicted octanol–water partition coefficient (Wildman–Crippen LogP) is 3.68. The molecule has 21 heavy (non-hydrogen) atoms. The Balaban J connectivity index is 2.23. The Bertz CT molecular complexity index is 556. The van der Waals surface area contributed by atoms with Gasteiger partial charge in [-0.1, -0.05) is 44.2 Å². The van der Waals surface area contributed by atoms with Gasteiger partial charge in [-0.15, -0.1) is 0 Å². The highest BCUT2D eigenvalue weighted by Crippen LogP contribution is 2.28. The molecule has 2 rings (SSSR count). The molecule has 1 atom stereocenters. The van der Waals surface area contributed by atoms with E-state index in [1.807, 2.05) is 30.5 Å². The molecule has 0 amide bonds. The van der Waals surface area contributed by atoms with Crippen molar-refractivity contribution in [1.82, 2.24) is 4.98 Å². The van der Waals surface area contributed by atoms with Gasteiger partial charge in [0.15, 0.2) is 0 Å². The van der Waals surface area contributed by atoms with Crippen molar-refractivity contribution >= 4 is 0 Å². The Morgan fingerprint density at radius 3 is 2.57 bits per heavy atom. The first kappa shape index (κ1) is 15.5. The number of hydrogen-bond acceptors (Lipinski definition) is 3. The van der Waals surface area contributed by atoms with Gasteiger partial charge in [0.05, 0.1) is 12.8 Å². The van der Waals surface area contributed by atoms with Crippen LogP contribution < -0.4 is 10.5 Å². The van der Waals surface area contributed by atoms with Crippen LogP contribution in [0.3, 0.4) is 0 Å². The van der Waals surface area contributed by atoms with Gasteiger partial charge in [0.25, 0.3) is 0 Å². The van der Waals surface area contributed by atoms with Crippen LogP contribution in [-0.4, -0.2) is 11.6 Å². The summed E-state index contributed by atoms with van der Waals surface area (Å²) in [6.07, 6.45) is 6.23. The van der Waals surface area contributed by atoms with Crippen molar-refractivity contribution in [2.45, 2.75) is 38.6 Å². The van der Waals surface area contributed by atoms with E-state index in [4.69, 9.17) is 10.5 Å². The lowest BCUT2D eigenvalue weighted by molar-refractivity contribution is 0.314. The molecule has 1 unspecified atom stereocenters. The minimum Gasteiger partial charge on any atom is -0.492 e. The SMILES string of the molecule is CCCOc1cncc(C(N)(CC)Cc2ccccc2)c1. The number of aromatic nitrogens is 1. The molecule has 0 aliphatic heterocycles. The summed E-state index contributed by atoms with van der Waals surface area (Å²) in [5, 5.41) is 0. The van der Waals surface area contributed by atoms with Crippen molar-refractivity contribution in [1.29, 1.82) is 0 Å². The van der Waals surface area contributed by atoms with E-state index in [1.54, 1.807) is 6.20 Å². The minimum absolute atomic E-state index is 0.417. The zero-order valence-electron chi connectivity index (χ0n) is 12.9. The summed E-state index contributed by atoms with van der Waals surface area (Å²) in [7, 11) is 0. The topological polar surface area (TPSA) is 48.1 Å². The van der Waals surface area contributed by atoms with Crippen LogP contribution in [0.2, 0.25) is 0 Å². The lowest BCUT2D eigenvalue weighted by atomic mass is 9.83. The molecule has 112 valence electrons. The largest absolute Gasteiger partial charge is 0.492 e. The third kappa shape index (κ3) is 4.05. The smallest absolute Gasteiger partial charge is 0.137 e. The average molecular weight is 284 g/mol. The van der Waals surface area contributed by atoms with Crippen molar-refractivity contribution in [2.75, 3.05) is 6.61 Å². The molecule has 2 N–H and O–H groups in total. The summed E-state index contributed by atoms with van der Waals surface area (Å²) in [6, 6.07) is 12.4. The molecule has 3 heteroatoms. The molecule has 0 radical (unpaired) electrons. The van der Waals surface area contributed by atoms with Gasteiger partial charge in [0, 0.05) is 11.7 Å². The highest BCUT2D eigenvalue weighted by atomic mass is 16.5. The van der Waals surface area contributed by atoms with E-state index in [1.165, 1.54) is 5.56 Å². The molecule has 0 saturated carbocycles. The number of rotatable bonds is 7. The number of nitrogens with two attached hydrogens (primary N) is 1. The van der Waals surface area contributed by atoms with E-state index in [0.29, 0.717) is 6.61 Å². The third-order valence-corrected chi connectivity index (χ3v) is 3.75. The molecule has 3 nitrogen and oxygen atoms in total. The first-order valence-corrected chi connectivity index (χ1v) is 7.59. The first-order valence-electron chi connectivity index (χ1n) is 7.59. The number of hydrogen-bond donors (Lipinski definition) is 1. The van der Waals surface area contributed by atoms with Crippen LogP contribution in [0.1, 0.15) is 37.8 Å². The second-order valence-electron chi connectivity index (χ2n) is 5.43. The fourth-order valence-electron chi connectivity index (χ4n) is 2.38. The molecule has 1 aromatic carbocycles. The van der Waals surface area contributed by atoms with E-state index in [2.05, 4.69) is 31.0 Å². The number of pyridine rings is 1. The summed E-state index contributed by atoms with van der Waals surface area (Å²) < 4.78 is 5.67. The molecule has 2 aromatic rings. The predicted molar refractivity (Wildman–Crippen MR) is 86.3 cm³/mol. The van der Waals surface area contributed by atoms with Crippen molar-refractivity contribution in [3.05, 3.63) is 59.9 Å². The summed E-state index contributed by atoms with van der Waals surface area (Å²) in [6.45, 7) is 4.90. The van der Waals surface area contributed by atoms with Crippen LogP contribution in [0.15, 0.2) is 48.8 Å². The summed E-state index contributed by atoms with van der Waals surface area (Å²) >= 11 is 0. The standard InChI is InChI=1S/C18H24N2O/c1-3-10-21-17-11-16(13-20-14-17)18(19,4-2)12-15-8-6-5-7-9-15/h5-9,11,13-14H,3-4,10,12,19H2,1-2H3. The van der Waals surface area contributed by atoms with E-state index >= 15 is 0 Å². The van der Waals surface area contributed by atoms with Gasteiger partial charge in [-0.3, -0.25) is 4.98 Å². The van der Waals surface area contributed by atoms with Gasteiger partial charge in [0.2, 0.25) is 0 Å². The second kappa shape index (κ2) is 7.23. The maximum atomic E-state index is 6.65. The number of ether oxygens (including phenoxy) is 1. The zero-order valence-corrected chi connectivity index (χ0v) is 12.9. The summed E-state index contributed by atoms with van der Waals surface area (Å²) in [4.78, 5) is 4.29. The molecule has 0 fully saturated rings. The normalized spacial score (nSPS) is 13.7. The molecule has 0 saturated heterocycles. The lowest BCUT2D eigenvalue weighted by Gasteiger charge is -2.29. The lowest BCUT2D eigenvalue weighted by Crippen LogP contribution is -2.38. The van der Waals surface area contributed by atoms with Crippen LogP contribution in [-0.2, 0) is 12.0 Å². The highest BCUT2D eigenvalue weighted by Gasteiger charge is 2.26. The molecular weight excluding hydrogens is 260 g/mol. The van der Waals surface area contributed by atoms with E-state index in [9.17, 15) is 0 Å². The van der Waals surface area contributed by atoms with E-state index < -0.39 is 5.54 Å². The van der Waals surface area contributed by atoms with Crippen molar-refractivity contribution in [3.63, 3.8) is 0 Å². The first-order chi connectivity index (χ1) is 10.2. The fraction of sp³-hybridized carbons (Fsp3) is 0.389. The minimum atomic E-state index is -0.417. The zero-order chi connectivity index (χ0) is 15.1. The van der Waals surface area contributed by atoms with Crippen LogP contribution in [0, 0.1) is 0 Å². The van der Waals surface area contributed by atoms with Crippen LogP contribution >= 0.6 is 0 Å². The molecule has 0 aliphatic carbocycles. The van der Waals surface area contributed by atoms with Gasteiger partial charge in [-0.2, -0.15) is 0 Å². The number of nitrogens with zero attached hydrogens (tertiary/aromatic N) is 1. The Morgan fingerprint density at radius 1 is 1.14 bits per heavy atom. The van der Waals surface area contributed by atoms with Gasteiger partial charge in [0.1, 0.15) is 5.75 Å². The molecule has 1 aromatic heterocycles. The molecule has 0 aliphatic rings. The number of benzene rings is 1. The maximum absolute atomic E-state index is 6.65. The fourth-order valence-corrected chi connectivity index (χ4v) is 2.38. The molecule has 0 bridgehead atoms. The van der Waals surface area contributed by atoms with Crippen molar-refractivity contribution in [2.24, 2.45) is 5.73 Å². The molecule has 0 spiro atoms. The molecular formula is C18H24N2O. The highest BCUT2D eigenvalue weighted by molar-refractivity contribution is 5.31. The van der Waals surface area contributed by atoms with Gasteiger partial charge >= 0.3 is 0 Å². The van der Waals surface area contributed by atoms with Crippen molar-refractivity contribution in [3.8, 4) is 5.75 Å². The Hall–Kier alpha value is -1.87. The van der Waals surface area contributed by atoms with E-state index in [-0.39, 0.29) is 0 Å². The van der Waals surface area contributed by atoms with Gasteiger partial charge < -0.3 is 10.5 Å². The molecule has 1 heterocycles. The monoisotopic (exact) mass is 284 g/mol. The van der Waals surface area contributed by atoms with Crippen LogP contribution in [0.5, 0.6) is 5.75 Å². The maximum Gasteiger partial charge on any atom is 0.137 e. The van der Waals surface area contributed by atoms with Crippen LogP contribution in [0.25, 0.3) is 0 Å². The summed E-state index contributed by atoms with van der Waals surface area (Å²) in [5.74, 6) is 0.797. The van der Waals surface area contributed by atoms with Crippen LogP contribution in [0.4, 0.5) is 0 Å². The van der Waals surface area contributed by atoms with E-state index in [0.717, 1.165) is 30.6 Å². The Morgan fingerprint density at radius 2 is 1.90 bits per heavy atom. The Kier molecular flexibility index (Phi) is 5.34. The second-order valence-corrected chi connectivity index (χ2v) is 5.43. The third-order valence-electron chi connectivity index (χ3n) is 3.75. The van der Waals surface area contributed by atoms with Gasteiger partial charge in [-0.05, 0) is 36.5 Å². The van der Waals surface area contributed by atoms with Gasteiger partial charge in [-0.25, -0.2) is 0 Å². The Labute approximate surface area is 127 Å². The van der Waals surface area contributed by atoms with Crippen molar-refractivity contribution < 1.29 is 4.74 Å². The summed E-state index contributed by atoms with van der Waals surface area (Å²) in [5.41, 5.74) is 8.50.